The Morgan fingerprint density at radius 1 is 1.15 bits per heavy atom. The molecule has 7 nitrogen and oxygen atoms in total. The molecular formula is C19H22N6O. The molecule has 2 heterocycles. The van der Waals surface area contributed by atoms with E-state index in [1.807, 2.05) is 48.0 Å². The van der Waals surface area contributed by atoms with Crippen LogP contribution in [0.25, 0.3) is 5.82 Å². The van der Waals surface area contributed by atoms with Crippen LogP contribution in [0, 0.1) is 6.92 Å². The van der Waals surface area contributed by atoms with Crippen LogP contribution < -0.4 is 10.6 Å². The van der Waals surface area contributed by atoms with Crippen LogP contribution in [-0.4, -0.2) is 25.4 Å². The molecule has 0 bridgehead atoms. The van der Waals surface area contributed by atoms with Crippen molar-refractivity contribution in [2.24, 2.45) is 0 Å². The summed E-state index contributed by atoms with van der Waals surface area (Å²) < 4.78 is 1.83. The minimum absolute atomic E-state index is 0.0453. The molecule has 1 amide bonds. The average Bonchev–Trinajstić information content (AvgIpc) is 3.16. The third-order valence-electron chi connectivity index (χ3n) is 3.79. The van der Waals surface area contributed by atoms with Crippen molar-refractivity contribution in [3.05, 3.63) is 54.9 Å². The normalized spacial score (nSPS) is 10.5. The van der Waals surface area contributed by atoms with Gasteiger partial charge in [-0.15, -0.1) is 0 Å². The van der Waals surface area contributed by atoms with Gasteiger partial charge in [-0.05, 0) is 37.6 Å². The van der Waals surface area contributed by atoms with Crippen molar-refractivity contribution >= 4 is 23.1 Å². The van der Waals surface area contributed by atoms with Gasteiger partial charge in [0.05, 0.1) is 0 Å². The molecule has 3 aromatic rings. The molecule has 0 atom stereocenters. The number of amides is 1. The number of carbonyl (C=O) groups is 1. The van der Waals surface area contributed by atoms with Gasteiger partial charge in [0.25, 0.3) is 0 Å². The molecule has 26 heavy (non-hydrogen) atoms. The van der Waals surface area contributed by atoms with Gasteiger partial charge in [0.2, 0.25) is 5.91 Å². The highest BCUT2D eigenvalue weighted by Gasteiger charge is 2.05. The van der Waals surface area contributed by atoms with Crippen LogP contribution in [0.5, 0.6) is 0 Å². The zero-order chi connectivity index (χ0) is 18.4. The third-order valence-corrected chi connectivity index (χ3v) is 3.79. The van der Waals surface area contributed by atoms with E-state index in [1.165, 1.54) is 0 Å². The minimum atomic E-state index is 0.0453. The number of unbranched alkanes of at least 4 members (excludes halogenated alkanes) is 1. The first kappa shape index (κ1) is 17.6. The fraction of sp³-hybridized carbons (Fsp3) is 0.263. The summed E-state index contributed by atoms with van der Waals surface area (Å²) in [6.07, 6.45) is 7.70. The molecule has 0 radical (unpaired) electrons. The second kappa shape index (κ2) is 8.24. The fourth-order valence-electron chi connectivity index (χ4n) is 2.49. The van der Waals surface area contributed by atoms with Crippen LogP contribution in [0.2, 0.25) is 0 Å². The molecule has 0 unspecified atom stereocenters. The Morgan fingerprint density at radius 3 is 2.62 bits per heavy atom. The number of imidazole rings is 1. The zero-order valence-electron chi connectivity index (χ0n) is 14.9. The van der Waals surface area contributed by atoms with Crippen LogP contribution in [0.15, 0.2) is 49.1 Å². The molecule has 2 aromatic heterocycles. The van der Waals surface area contributed by atoms with Gasteiger partial charge in [-0.2, -0.15) is 0 Å². The summed E-state index contributed by atoms with van der Waals surface area (Å²) in [5.74, 6) is 2.15. The Hall–Kier alpha value is -3.22. The Morgan fingerprint density at radius 2 is 1.92 bits per heavy atom. The highest BCUT2D eigenvalue weighted by Crippen LogP contribution is 2.19. The van der Waals surface area contributed by atoms with E-state index < -0.39 is 0 Å². The van der Waals surface area contributed by atoms with Crippen LogP contribution >= 0.6 is 0 Å². The maximum atomic E-state index is 11.8. The second-order valence-electron chi connectivity index (χ2n) is 5.98. The van der Waals surface area contributed by atoms with Crippen LogP contribution in [0.4, 0.5) is 17.2 Å². The van der Waals surface area contributed by atoms with Gasteiger partial charge < -0.3 is 10.6 Å². The molecule has 0 aliphatic heterocycles. The molecule has 0 aliphatic carbocycles. The maximum absolute atomic E-state index is 11.8. The highest BCUT2D eigenvalue weighted by atomic mass is 16.1. The lowest BCUT2D eigenvalue weighted by Crippen LogP contribution is -2.10. The van der Waals surface area contributed by atoms with E-state index in [2.05, 4.69) is 32.5 Å². The molecule has 0 spiro atoms. The van der Waals surface area contributed by atoms with Gasteiger partial charge in [-0.1, -0.05) is 13.3 Å². The smallest absolute Gasteiger partial charge is 0.224 e. The van der Waals surface area contributed by atoms with Crippen molar-refractivity contribution < 1.29 is 4.79 Å². The Kier molecular flexibility index (Phi) is 5.58. The van der Waals surface area contributed by atoms with Gasteiger partial charge in [0, 0.05) is 36.3 Å². The van der Waals surface area contributed by atoms with E-state index in [4.69, 9.17) is 0 Å². The predicted molar refractivity (Wildman–Crippen MR) is 102 cm³/mol. The average molecular weight is 350 g/mol. The van der Waals surface area contributed by atoms with Gasteiger partial charge >= 0.3 is 0 Å². The van der Waals surface area contributed by atoms with E-state index in [0.29, 0.717) is 18.1 Å². The van der Waals surface area contributed by atoms with Crippen molar-refractivity contribution in [2.75, 3.05) is 10.6 Å². The molecule has 134 valence electrons. The van der Waals surface area contributed by atoms with Crippen molar-refractivity contribution in [3.8, 4) is 5.82 Å². The number of rotatable bonds is 7. The molecular weight excluding hydrogens is 328 g/mol. The molecule has 0 aliphatic rings. The molecule has 3 rings (SSSR count). The number of benzene rings is 1. The van der Waals surface area contributed by atoms with Gasteiger partial charge in [-0.25, -0.2) is 15.0 Å². The number of anilines is 3. The maximum Gasteiger partial charge on any atom is 0.224 e. The number of carbonyl (C=O) groups excluding carboxylic acids is 1. The van der Waals surface area contributed by atoms with Crippen molar-refractivity contribution in [3.63, 3.8) is 0 Å². The van der Waals surface area contributed by atoms with E-state index in [1.54, 1.807) is 12.5 Å². The number of nitrogens with zero attached hydrogens (tertiary/aromatic N) is 4. The second-order valence-corrected chi connectivity index (χ2v) is 5.98. The van der Waals surface area contributed by atoms with Gasteiger partial charge in [0.15, 0.2) is 0 Å². The lowest BCUT2D eigenvalue weighted by molar-refractivity contribution is -0.116. The lowest BCUT2D eigenvalue weighted by atomic mass is 10.2. The highest BCUT2D eigenvalue weighted by molar-refractivity contribution is 5.90. The third kappa shape index (κ3) is 4.66. The standard InChI is InChI=1S/C19H22N6O/c1-3-4-5-19(26)24-16-8-6-15(7-9-16)23-17-12-18(22-14(2)21-17)25-11-10-20-13-25/h6-13H,3-5H2,1-2H3,(H,24,26)(H,21,22,23). The Balaban J connectivity index is 1.68. The minimum Gasteiger partial charge on any atom is -0.340 e. The summed E-state index contributed by atoms with van der Waals surface area (Å²) >= 11 is 0. The van der Waals surface area contributed by atoms with Crippen molar-refractivity contribution in [2.45, 2.75) is 33.1 Å². The number of nitrogens with one attached hydrogen (secondary N) is 2. The van der Waals surface area contributed by atoms with Crippen LogP contribution in [0.1, 0.15) is 32.0 Å². The summed E-state index contributed by atoms with van der Waals surface area (Å²) in [5, 5.41) is 6.17. The topological polar surface area (TPSA) is 84.7 Å². The van der Waals surface area contributed by atoms with Gasteiger partial charge in [-0.3, -0.25) is 9.36 Å². The first-order chi connectivity index (χ1) is 12.6. The van der Waals surface area contributed by atoms with E-state index in [-0.39, 0.29) is 5.91 Å². The van der Waals surface area contributed by atoms with Gasteiger partial charge in [0.1, 0.15) is 23.8 Å². The fourth-order valence-corrected chi connectivity index (χ4v) is 2.49. The SMILES string of the molecule is CCCCC(=O)Nc1ccc(Nc2cc(-n3ccnc3)nc(C)n2)cc1. The Bertz CT molecular complexity index is 858. The Labute approximate surface area is 152 Å². The summed E-state index contributed by atoms with van der Waals surface area (Å²) in [6.45, 7) is 3.92. The molecule has 2 N–H and O–H groups in total. The number of hydrogen-bond acceptors (Lipinski definition) is 5. The number of aromatic nitrogens is 4. The summed E-state index contributed by atoms with van der Waals surface area (Å²) in [4.78, 5) is 24.7. The number of hydrogen-bond donors (Lipinski definition) is 2. The molecule has 0 saturated heterocycles. The number of aryl methyl sites for hydroxylation is 1. The van der Waals surface area contributed by atoms with E-state index in [9.17, 15) is 4.79 Å². The quantitative estimate of drug-likeness (QED) is 0.676. The predicted octanol–water partition coefficient (Wildman–Crippen LogP) is 3.84. The lowest BCUT2D eigenvalue weighted by Gasteiger charge is -2.10. The summed E-state index contributed by atoms with van der Waals surface area (Å²) in [5.41, 5.74) is 1.67. The van der Waals surface area contributed by atoms with Crippen LogP contribution in [-0.2, 0) is 4.79 Å². The zero-order valence-corrected chi connectivity index (χ0v) is 14.9. The summed E-state index contributed by atoms with van der Waals surface area (Å²) in [6, 6.07) is 9.41. The van der Waals surface area contributed by atoms with E-state index >= 15 is 0 Å². The monoisotopic (exact) mass is 350 g/mol. The van der Waals surface area contributed by atoms with Crippen LogP contribution in [0.3, 0.4) is 0 Å². The summed E-state index contributed by atoms with van der Waals surface area (Å²) in [7, 11) is 0. The first-order valence-corrected chi connectivity index (χ1v) is 8.65. The van der Waals surface area contributed by atoms with Crippen molar-refractivity contribution in [1.82, 2.24) is 19.5 Å². The molecule has 0 saturated carbocycles. The van der Waals surface area contributed by atoms with Crippen molar-refractivity contribution in [1.29, 1.82) is 0 Å². The first-order valence-electron chi connectivity index (χ1n) is 8.65. The largest absolute Gasteiger partial charge is 0.340 e. The molecule has 1 aromatic carbocycles. The molecule has 0 fully saturated rings. The molecule has 7 heteroatoms. The van der Waals surface area contributed by atoms with E-state index in [0.717, 1.165) is 30.0 Å².